The van der Waals surface area contributed by atoms with Crippen molar-refractivity contribution in [3.63, 3.8) is 0 Å². The molecule has 0 aromatic carbocycles. The predicted molar refractivity (Wildman–Crippen MR) is 68.0 cm³/mol. The van der Waals surface area contributed by atoms with Crippen LogP contribution in [0.4, 0.5) is 0 Å². The zero-order chi connectivity index (χ0) is 13.8. The molecule has 0 heterocycles. The van der Waals surface area contributed by atoms with Gasteiger partial charge in [0.1, 0.15) is 5.60 Å². The Morgan fingerprint density at radius 1 is 1.22 bits per heavy atom. The first-order valence-electron chi connectivity index (χ1n) is 6.74. The van der Waals surface area contributed by atoms with Crippen molar-refractivity contribution < 1.29 is 19.1 Å². The van der Waals surface area contributed by atoms with E-state index in [1.807, 2.05) is 13.8 Å². The molecule has 4 nitrogen and oxygen atoms in total. The molecule has 0 amide bonds. The number of ether oxygens (including phenoxy) is 2. The molecule has 104 valence electrons. The summed E-state index contributed by atoms with van der Waals surface area (Å²) in [7, 11) is 0. The van der Waals surface area contributed by atoms with Crippen LogP contribution >= 0.6 is 0 Å². The Morgan fingerprint density at radius 2 is 1.83 bits per heavy atom. The molecule has 1 aliphatic rings. The Kier molecular flexibility index (Phi) is 4.77. The van der Waals surface area contributed by atoms with Crippen molar-refractivity contribution in [2.75, 3.05) is 6.61 Å². The van der Waals surface area contributed by atoms with Crippen LogP contribution in [0.3, 0.4) is 0 Å². The Bertz CT molecular complexity index is 310. The van der Waals surface area contributed by atoms with Gasteiger partial charge >= 0.3 is 11.9 Å². The topological polar surface area (TPSA) is 52.6 Å². The van der Waals surface area contributed by atoms with Crippen molar-refractivity contribution in [2.45, 2.75) is 65.4 Å². The lowest BCUT2D eigenvalue weighted by molar-refractivity contribution is -0.180. The molecule has 1 saturated carbocycles. The highest BCUT2D eigenvalue weighted by Crippen LogP contribution is 2.38. The summed E-state index contributed by atoms with van der Waals surface area (Å²) in [5, 5.41) is 0. The minimum atomic E-state index is -0.542. The van der Waals surface area contributed by atoms with Crippen molar-refractivity contribution in [1.82, 2.24) is 0 Å². The summed E-state index contributed by atoms with van der Waals surface area (Å²) in [6.45, 7) is 7.27. The van der Waals surface area contributed by atoms with Crippen LogP contribution < -0.4 is 0 Å². The fourth-order valence-corrected chi connectivity index (χ4v) is 1.83. The van der Waals surface area contributed by atoms with Gasteiger partial charge in [0, 0.05) is 0 Å². The second-order valence-electron chi connectivity index (χ2n) is 5.68. The Balaban J connectivity index is 2.35. The second-order valence-corrected chi connectivity index (χ2v) is 5.68. The fourth-order valence-electron chi connectivity index (χ4n) is 1.83. The van der Waals surface area contributed by atoms with Crippen LogP contribution in [0.15, 0.2) is 0 Å². The summed E-state index contributed by atoms with van der Waals surface area (Å²) in [5.41, 5.74) is -0.830. The smallest absolute Gasteiger partial charge is 0.344 e. The number of carbonyl (C=O) groups excluding carboxylic acids is 2. The van der Waals surface area contributed by atoms with Crippen molar-refractivity contribution in [3.05, 3.63) is 0 Å². The van der Waals surface area contributed by atoms with Gasteiger partial charge in [0.25, 0.3) is 0 Å². The second kappa shape index (κ2) is 5.72. The summed E-state index contributed by atoms with van der Waals surface area (Å²) >= 11 is 0. The number of esters is 2. The third-order valence-electron chi connectivity index (χ3n) is 4.00. The molecule has 1 rings (SSSR count). The van der Waals surface area contributed by atoms with Crippen molar-refractivity contribution >= 4 is 11.9 Å². The highest BCUT2D eigenvalue weighted by atomic mass is 16.6. The van der Waals surface area contributed by atoms with E-state index in [-0.39, 0.29) is 18.2 Å². The third-order valence-corrected chi connectivity index (χ3v) is 4.00. The molecule has 1 aliphatic carbocycles. The molecule has 0 aliphatic heterocycles. The summed E-state index contributed by atoms with van der Waals surface area (Å²) < 4.78 is 10.4. The van der Waals surface area contributed by atoms with E-state index in [1.54, 1.807) is 13.8 Å². The van der Waals surface area contributed by atoms with Crippen molar-refractivity contribution in [2.24, 2.45) is 5.41 Å². The zero-order valence-corrected chi connectivity index (χ0v) is 11.9. The van der Waals surface area contributed by atoms with E-state index in [4.69, 9.17) is 9.47 Å². The van der Waals surface area contributed by atoms with E-state index in [0.29, 0.717) is 6.42 Å². The maximum Gasteiger partial charge on any atom is 0.344 e. The number of hydrogen-bond donors (Lipinski definition) is 0. The van der Waals surface area contributed by atoms with Crippen LogP contribution in [0.5, 0.6) is 0 Å². The third kappa shape index (κ3) is 3.47. The van der Waals surface area contributed by atoms with Gasteiger partial charge in [0.2, 0.25) is 0 Å². The van der Waals surface area contributed by atoms with E-state index >= 15 is 0 Å². The maximum absolute atomic E-state index is 11.7. The molecule has 4 heteroatoms. The molecule has 0 saturated heterocycles. The first kappa shape index (κ1) is 15.0. The van der Waals surface area contributed by atoms with Gasteiger partial charge in [0.05, 0.1) is 5.41 Å². The molecule has 18 heavy (non-hydrogen) atoms. The average molecular weight is 256 g/mol. The molecule has 0 radical (unpaired) electrons. The van der Waals surface area contributed by atoms with Gasteiger partial charge in [-0.05, 0) is 46.0 Å². The first-order chi connectivity index (χ1) is 8.35. The molecule has 0 unspecified atom stereocenters. The van der Waals surface area contributed by atoms with Gasteiger partial charge in [0.15, 0.2) is 6.61 Å². The minimum absolute atomic E-state index is 0.274. The number of hydrogen-bond acceptors (Lipinski definition) is 4. The predicted octanol–water partition coefficient (Wildman–Crippen LogP) is 2.84. The lowest BCUT2D eigenvalue weighted by atomic mass is 9.78. The van der Waals surface area contributed by atoms with E-state index in [9.17, 15) is 9.59 Å². The Morgan fingerprint density at radius 3 is 2.22 bits per heavy atom. The van der Waals surface area contributed by atoms with Gasteiger partial charge in [-0.15, -0.1) is 0 Å². The molecule has 0 aromatic rings. The molecule has 1 fully saturated rings. The van der Waals surface area contributed by atoms with Crippen LogP contribution in [0.2, 0.25) is 0 Å². The van der Waals surface area contributed by atoms with E-state index in [0.717, 1.165) is 25.7 Å². The van der Waals surface area contributed by atoms with Gasteiger partial charge in [-0.1, -0.05) is 13.8 Å². The van der Waals surface area contributed by atoms with Gasteiger partial charge in [-0.25, -0.2) is 4.79 Å². The Labute approximate surface area is 109 Å². The summed E-state index contributed by atoms with van der Waals surface area (Å²) in [5.74, 6) is -0.780. The Hall–Kier alpha value is -1.06. The average Bonchev–Trinajstić information content (AvgIpc) is 2.30. The summed E-state index contributed by atoms with van der Waals surface area (Å²) in [6, 6.07) is 0. The SMILES string of the molecule is CCC1(OC(=O)COC(=O)C(C)(C)CC)CCC1. The molecule has 0 atom stereocenters. The highest BCUT2D eigenvalue weighted by Gasteiger charge is 2.39. The van der Waals surface area contributed by atoms with Gasteiger partial charge in [-0.3, -0.25) is 4.79 Å². The van der Waals surface area contributed by atoms with Crippen LogP contribution in [-0.4, -0.2) is 24.1 Å². The molecular weight excluding hydrogens is 232 g/mol. The molecular formula is C14H24O4. The zero-order valence-electron chi connectivity index (χ0n) is 11.9. The number of rotatable bonds is 6. The lowest BCUT2D eigenvalue weighted by Crippen LogP contribution is -2.42. The maximum atomic E-state index is 11.7. The number of carbonyl (C=O) groups is 2. The van der Waals surface area contributed by atoms with E-state index < -0.39 is 11.4 Å². The molecule has 0 N–H and O–H groups in total. The van der Waals surface area contributed by atoms with Crippen molar-refractivity contribution in [3.8, 4) is 0 Å². The van der Waals surface area contributed by atoms with Crippen molar-refractivity contribution in [1.29, 1.82) is 0 Å². The van der Waals surface area contributed by atoms with Crippen LogP contribution in [-0.2, 0) is 19.1 Å². The normalized spacial score (nSPS) is 17.8. The van der Waals surface area contributed by atoms with Crippen LogP contribution in [0.1, 0.15) is 59.8 Å². The highest BCUT2D eigenvalue weighted by molar-refractivity contribution is 5.79. The monoisotopic (exact) mass is 256 g/mol. The summed E-state index contributed by atoms with van der Waals surface area (Å²) in [4.78, 5) is 23.3. The van der Waals surface area contributed by atoms with E-state index in [1.165, 1.54) is 0 Å². The fraction of sp³-hybridized carbons (Fsp3) is 0.857. The van der Waals surface area contributed by atoms with Gasteiger partial charge in [-0.2, -0.15) is 0 Å². The quantitative estimate of drug-likeness (QED) is 0.686. The van der Waals surface area contributed by atoms with E-state index in [2.05, 4.69) is 0 Å². The van der Waals surface area contributed by atoms with Gasteiger partial charge < -0.3 is 9.47 Å². The van der Waals surface area contributed by atoms with Crippen LogP contribution in [0.25, 0.3) is 0 Å². The molecule has 0 bridgehead atoms. The molecule has 0 spiro atoms. The lowest BCUT2D eigenvalue weighted by Gasteiger charge is -2.40. The minimum Gasteiger partial charge on any atom is -0.457 e. The first-order valence-corrected chi connectivity index (χ1v) is 6.74. The molecule has 0 aromatic heterocycles. The standard InChI is InChI=1S/C14H24O4/c1-5-13(3,4)12(16)17-10-11(15)18-14(6-2)8-7-9-14/h5-10H2,1-4H3. The summed E-state index contributed by atoms with van der Waals surface area (Å²) in [6.07, 6.45) is 4.45. The van der Waals surface area contributed by atoms with Crippen LogP contribution in [0, 0.1) is 5.41 Å². The largest absolute Gasteiger partial charge is 0.457 e.